The molecule has 1 saturated heterocycles. The summed E-state index contributed by atoms with van der Waals surface area (Å²) in [6.07, 6.45) is 14.0. The van der Waals surface area contributed by atoms with Crippen molar-refractivity contribution in [1.29, 1.82) is 0 Å². The first-order valence-electron chi connectivity index (χ1n) is 16.4. The number of hydrogen-bond acceptors (Lipinski definition) is 6. The molecule has 8 rings (SSSR count). The number of aromatic nitrogens is 5. The predicted octanol–water partition coefficient (Wildman–Crippen LogP) is 8.16. The molecule has 4 aromatic heterocycles. The molecule has 0 radical (unpaired) electrons. The van der Waals surface area contributed by atoms with Gasteiger partial charge in [-0.15, -0.1) is 0 Å². The molecule has 2 aromatic carbocycles. The van der Waals surface area contributed by atoms with Crippen molar-refractivity contribution in [2.45, 2.75) is 51.0 Å². The van der Waals surface area contributed by atoms with Gasteiger partial charge in [-0.05, 0) is 99.1 Å². The lowest BCUT2D eigenvalue weighted by Crippen LogP contribution is -2.25. The van der Waals surface area contributed by atoms with Crippen LogP contribution in [0.25, 0.3) is 55.6 Å². The minimum Gasteiger partial charge on any atom is -0.492 e. The van der Waals surface area contributed by atoms with Crippen LogP contribution in [-0.2, 0) is 0 Å². The van der Waals surface area contributed by atoms with Gasteiger partial charge in [-0.2, -0.15) is 5.10 Å². The van der Waals surface area contributed by atoms with E-state index in [2.05, 4.69) is 31.1 Å². The number of fused-ring (bicyclic) bond motifs is 2. The van der Waals surface area contributed by atoms with Crippen LogP contribution in [0.2, 0.25) is 0 Å². The second-order valence-electron chi connectivity index (χ2n) is 12.5. The highest BCUT2D eigenvalue weighted by Gasteiger charge is 2.18. The van der Waals surface area contributed by atoms with E-state index in [1.807, 2.05) is 48.8 Å². The van der Waals surface area contributed by atoms with Gasteiger partial charge in [0.05, 0.1) is 35.4 Å². The number of rotatable bonds is 9. The third kappa shape index (κ3) is 5.95. The number of H-pyrrole nitrogens is 2. The maximum absolute atomic E-state index is 14.8. The van der Waals surface area contributed by atoms with E-state index >= 15 is 0 Å². The van der Waals surface area contributed by atoms with E-state index in [4.69, 9.17) is 14.5 Å². The largest absolute Gasteiger partial charge is 0.492 e. The number of likely N-dealkylation sites (tertiary alicyclic amines) is 1. The summed E-state index contributed by atoms with van der Waals surface area (Å²) >= 11 is 0. The Morgan fingerprint density at radius 3 is 2.59 bits per heavy atom. The normalized spacial score (nSPS) is 16.0. The molecule has 0 spiro atoms. The van der Waals surface area contributed by atoms with Crippen molar-refractivity contribution >= 4 is 21.8 Å². The molecule has 5 heterocycles. The average molecular weight is 617 g/mol. The molecule has 0 atom stereocenters. The molecule has 1 aliphatic carbocycles. The quantitative estimate of drug-likeness (QED) is 0.170. The predicted molar refractivity (Wildman–Crippen MR) is 178 cm³/mol. The summed E-state index contributed by atoms with van der Waals surface area (Å²) in [4.78, 5) is 15.1. The number of aromatic amines is 2. The highest BCUT2D eigenvalue weighted by Crippen LogP contribution is 2.36. The van der Waals surface area contributed by atoms with E-state index in [1.54, 1.807) is 12.3 Å². The molecule has 6 aromatic rings. The summed E-state index contributed by atoms with van der Waals surface area (Å²) in [6.45, 7) is 3.61. The topological polar surface area (TPSA) is 92.0 Å². The van der Waals surface area contributed by atoms with Gasteiger partial charge in [0.1, 0.15) is 29.6 Å². The molecular weight excluding hydrogens is 579 g/mol. The SMILES string of the molecule is Fc1cc(OCCN2CCCC2)cc(-c2cccc3[nH]c(-c4n[nH]c5cnc(-c6cncc(OC7CCCCC7)c6)cc45)cc23)c1. The van der Waals surface area contributed by atoms with Gasteiger partial charge in [0.2, 0.25) is 0 Å². The molecule has 1 aliphatic heterocycles. The van der Waals surface area contributed by atoms with Crippen LogP contribution in [0.5, 0.6) is 11.5 Å². The second kappa shape index (κ2) is 12.6. The van der Waals surface area contributed by atoms with Crippen LogP contribution in [0.4, 0.5) is 4.39 Å². The van der Waals surface area contributed by atoms with Gasteiger partial charge >= 0.3 is 0 Å². The van der Waals surface area contributed by atoms with Crippen molar-refractivity contribution in [2.24, 2.45) is 0 Å². The Labute approximate surface area is 267 Å². The molecule has 1 saturated carbocycles. The highest BCUT2D eigenvalue weighted by molar-refractivity contribution is 6.01. The molecule has 0 bridgehead atoms. The summed E-state index contributed by atoms with van der Waals surface area (Å²) in [5, 5.41) is 9.72. The lowest BCUT2D eigenvalue weighted by molar-refractivity contribution is 0.154. The van der Waals surface area contributed by atoms with Crippen molar-refractivity contribution in [3.8, 4) is 45.3 Å². The van der Waals surface area contributed by atoms with E-state index in [9.17, 15) is 4.39 Å². The average Bonchev–Trinajstić information content (AvgIpc) is 3.85. The van der Waals surface area contributed by atoms with Crippen LogP contribution in [-0.4, -0.2) is 62.4 Å². The maximum atomic E-state index is 14.8. The number of halogens is 1. The summed E-state index contributed by atoms with van der Waals surface area (Å²) < 4.78 is 27.1. The molecular formula is C37H37FN6O2. The zero-order valence-corrected chi connectivity index (χ0v) is 25.8. The highest BCUT2D eigenvalue weighted by atomic mass is 19.1. The van der Waals surface area contributed by atoms with Gasteiger partial charge in [-0.25, -0.2) is 4.39 Å². The molecule has 46 heavy (non-hydrogen) atoms. The monoisotopic (exact) mass is 616 g/mol. The first-order chi connectivity index (χ1) is 22.7. The smallest absolute Gasteiger partial charge is 0.138 e. The van der Waals surface area contributed by atoms with E-state index in [0.29, 0.717) is 12.4 Å². The number of hydrogen-bond donors (Lipinski definition) is 2. The summed E-state index contributed by atoms with van der Waals surface area (Å²) in [5.74, 6) is 1.00. The fourth-order valence-electron chi connectivity index (χ4n) is 6.91. The number of benzene rings is 2. The molecule has 9 heteroatoms. The van der Waals surface area contributed by atoms with Gasteiger partial charge in [0.15, 0.2) is 0 Å². The Hall–Kier alpha value is -4.76. The summed E-state index contributed by atoms with van der Waals surface area (Å²) in [6, 6.07) is 17.1. The van der Waals surface area contributed by atoms with E-state index in [1.165, 1.54) is 38.2 Å². The van der Waals surface area contributed by atoms with Gasteiger partial charge < -0.3 is 14.5 Å². The fraction of sp³-hybridized carbons (Fsp3) is 0.324. The fourth-order valence-corrected chi connectivity index (χ4v) is 6.91. The zero-order valence-electron chi connectivity index (χ0n) is 25.8. The van der Waals surface area contributed by atoms with Crippen LogP contribution >= 0.6 is 0 Å². The molecule has 234 valence electrons. The minimum absolute atomic E-state index is 0.250. The van der Waals surface area contributed by atoms with Gasteiger partial charge in [-0.3, -0.25) is 20.0 Å². The first-order valence-corrected chi connectivity index (χ1v) is 16.4. The molecule has 2 N–H and O–H groups in total. The van der Waals surface area contributed by atoms with Gasteiger partial charge in [-0.1, -0.05) is 18.6 Å². The zero-order chi connectivity index (χ0) is 30.9. The van der Waals surface area contributed by atoms with Crippen LogP contribution in [0.15, 0.2) is 73.2 Å². The summed E-state index contributed by atoms with van der Waals surface area (Å²) in [7, 11) is 0. The molecule has 2 fully saturated rings. The second-order valence-corrected chi connectivity index (χ2v) is 12.5. The van der Waals surface area contributed by atoms with Crippen LogP contribution < -0.4 is 9.47 Å². The van der Waals surface area contributed by atoms with Crippen molar-refractivity contribution in [1.82, 2.24) is 30.0 Å². The Kier molecular flexibility index (Phi) is 7.83. The van der Waals surface area contributed by atoms with Crippen LogP contribution in [0, 0.1) is 5.82 Å². The van der Waals surface area contributed by atoms with Gasteiger partial charge in [0, 0.05) is 40.7 Å². The van der Waals surface area contributed by atoms with E-state index in [0.717, 1.165) is 93.8 Å². The maximum Gasteiger partial charge on any atom is 0.138 e. The molecule has 0 amide bonds. The Balaban J connectivity index is 1.08. The lowest BCUT2D eigenvalue weighted by Gasteiger charge is -2.22. The van der Waals surface area contributed by atoms with E-state index in [-0.39, 0.29) is 11.9 Å². The molecule has 2 aliphatic rings. The minimum atomic E-state index is -0.317. The van der Waals surface area contributed by atoms with Crippen molar-refractivity contribution in [2.75, 3.05) is 26.2 Å². The van der Waals surface area contributed by atoms with Crippen molar-refractivity contribution in [3.05, 3.63) is 79.0 Å². The first kappa shape index (κ1) is 28.7. The lowest BCUT2D eigenvalue weighted by atomic mass is 9.98. The van der Waals surface area contributed by atoms with E-state index < -0.39 is 0 Å². The third-order valence-corrected chi connectivity index (χ3v) is 9.29. The third-order valence-electron chi connectivity index (χ3n) is 9.29. The van der Waals surface area contributed by atoms with Crippen LogP contribution in [0.3, 0.4) is 0 Å². The number of ether oxygens (including phenoxy) is 2. The van der Waals surface area contributed by atoms with Gasteiger partial charge in [0.25, 0.3) is 0 Å². The Morgan fingerprint density at radius 1 is 0.826 bits per heavy atom. The molecule has 8 nitrogen and oxygen atoms in total. The number of nitrogens with zero attached hydrogens (tertiary/aromatic N) is 4. The number of pyridine rings is 2. The van der Waals surface area contributed by atoms with Crippen LogP contribution in [0.1, 0.15) is 44.9 Å². The molecule has 0 unspecified atom stereocenters. The van der Waals surface area contributed by atoms with Crippen molar-refractivity contribution < 1.29 is 13.9 Å². The standard InChI is InChI=1S/C37H37FN6O2/c38-26-15-24(16-28(18-26)45-14-13-44-11-4-5-12-44)30-9-6-10-33-31(30)19-35(41-33)37-32-20-34(40-23-36(32)42-43-37)25-17-29(22-39-21-25)46-27-7-2-1-3-8-27/h6,9-10,15-23,27,41H,1-5,7-8,11-14H2,(H,42,43). The summed E-state index contributed by atoms with van der Waals surface area (Å²) in [5.41, 5.74) is 6.80. The van der Waals surface area contributed by atoms with Crippen molar-refractivity contribution in [3.63, 3.8) is 0 Å². The Morgan fingerprint density at radius 2 is 1.70 bits per heavy atom. The Bertz CT molecular complexity index is 1990. The number of nitrogens with one attached hydrogen (secondary N) is 2.